The van der Waals surface area contributed by atoms with Gasteiger partial charge in [0, 0.05) is 20.1 Å². The quantitative estimate of drug-likeness (QED) is 0.754. The fraction of sp³-hybridized carbons (Fsp3) is 0.667. The highest BCUT2D eigenvalue weighted by molar-refractivity contribution is 7.99. The molecule has 4 nitrogen and oxygen atoms in total. The average Bonchev–Trinajstić information content (AvgIpc) is 2.35. The molecule has 1 rings (SSSR count). The van der Waals surface area contributed by atoms with E-state index in [1.54, 1.807) is 13.2 Å². The first-order valence-corrected chi connectivity index (χ1v) is 7.54. The van der Waals surface area contributed by atoms with E-state index in [2.05, 4.69) is 18.9 Å². The van der Waals surface area contributed by atoms with Crippen LogP contribution in [-0.2, 0) is 7.05 Å². The second kappa shape index (κ2) is 7.04. The molecule has 0 aliphatic heterocycles. The zero-order valence-corrected chi connectivity index (χ0v) is 12.9. The van der Waals surface area contributed by atoms with Gasteiger partial charge in [0.15, 0.2) is 0 Å². The molecule has 0 aliphatic carbocycles. The normalized spacial score (nSPS) is 12.5. The molecule has 0 fully saturated rings. The van der Waals surface area contributed by atoms with Crippen LogP contribution in [-0.4, -0.2) is 34.4 Å². The van der Waals surface area contributed by atoms with Gasteiger partial charge in [0.1, 0.15) is 5.02 Å². The fourth-order valence-electron chi connectivity index (χ4n) is 1.58. The Labute approximate surface area is 117 Å². The predicted molar refractivity (Wildman–Crippen MR) is 80.0 cm³/mol. The van der Waals surface area contributed by atoms with Gasteiger partial charge in [-0.05, 0) is 24.9 Å². The third-order valence-electron chi connectivity index (χ3n) is 2.99. The molecule has 1 heterocycles. The van der Waals surface area contributed by atoms with E-state index in [1.807, 2.05) is 23.7 Å². The summed E-state index contributed by atoms with van der Waals surface area (Å²) in [5.41, 5.74) is 0.449. The van der Waals surface area contributed by atoms with Crippen LogP contribution < -0.4 is 10.5 Å². The van der Waals surface area contributed by atoms with Gasteiger partial charge < -0.3 is 4.90 Å². The Hall–Kier alpha value is -0.680. The van der Waals surface area contributed by atoms with Gasteiger partial charge in [-0.1, -0.05) is 18.5 Å². The van der Waals surface area contributed by atoms with Crippen molar-refractivity contribution in [3.8, 4) is 0 Å². The molecule has 18 heavy (non-hydrogen) atoms. The van der Waals surface area contributed by atoms with Crippen LogP contribution in [0.3, 0.4) is 0 Å². The van der Waals surface area contributed by atoms with Crippen LogP contribution in [0.15, 0.2) is 11.0 Å². The van der Waals surface area contributed by atoms with Crippen LogP contribution in [0.25, 0.3) is 0 Å². The smallest absolute Gasteiger partial charge is 0.287 e. The van der Waals surface area contributed by atoms with Crippen LogP contribution in [0, 0.1) is 0 Å². The van der Waals surface area contributed by atoms with Gasteiger partial charge in [-0.25, -0.2) is 4.68 Å². The Morgan fingerprint density at radius 1 is 1.61 bits per heavy atom. The summed E-state index contributed by atoms with van der Waals surface area (Å²) in [6.45, 7) is 4.28. The van der Waals surface area contributed by atoms with Gasteiger partial charge >= 0.3 is 0 Å². The van der Waals surface area contributed by atoms with E-state index in [0.29, 0.717) is 11.7 Å². The highest BCUT2D eigenvalue weighted by Crippen LogP contribution is 2.22. The Morgan fingerprint density at radius 3 is 2.89 bits per heavy atom. The summed E-state index contributed by atoms with van der Waals surface area (Å²) in [5, 5.41) is 4.25. The number of rotatable bonds is 6. The van der Waals surface area contributed by atoms with E-state index < -0.39 is 0 Å². The minimum absolute atomic E-state index is 0.241. The molecule has 0 aromatic carbocycles. The topological polar surface area (TPSA) is 38.1 Å². The maximum absolute atomic E-state index is 11.7. The van der Waals surface area contributed by atoms with Crippen LogP contribution in [0.5, 0.6) is 0 Å². The van der Waals surface area contributed by atoms with Crippen molar-refractivity contribution in [2.24, 2.45) is 7.05 Å². The third-order valence-corrected chi connectivity index (χ3v) is 4.27. The summed E-state index contributed by atoms with van der Waals surface area (Å²) in [5.74, 6) is 2.24. The number of thioether (sulfide) groups is 1. The molecule has 1 aromatic heterocycles. The number of hydrogen-bond acceptors (Lipinski definition) is 4. The van der Waals surface area contributed by atoms with E-state index in [1.165, 1.54) is 4.68 Å². The molecule has 0 saturated carbocycles. The summed E-state index contributed by atoms with van der Waals surface area (Å²) in [7, 11) is 3.54. The zero-order chi connectivity index (χ0) is 13.7. The largest absolute Gasteiger partial charge is 0.369 e. The minimum Gasteiger partial charge on any atom is -0.369 e. The molecule has 1 unspecified atom stereocenters. The molecule has 6 heteroatoms. The second-order valence-electron chi connectivity index (χ2n) is 4.22. The molecule has 102 valence electrons. The van der Waals surface area contributed by atoms with E-state index in [-0.39, 0.29) is 10.6 Å². The third kappa shape index (κ3) is 3.65. The van der Waals surface area contributed by atoms with Crippen molar-refractivity contribution in [1.29, 1.82) is 0 Å². The molecule has 0 aliphatic rings. The zero-order valence-electron chi connectivity index (χ0n) is 11.3. The maximum atomic E-state index is 11.7. The lowest BCUT2D eigenvalue weighted by Crippen LogP contribution is -2.32. The van der Waals surface area contributed by atoms with E-state index >= 15 is 0 Å². The Morgan fingerprint density at radius 2 is 2.28 bits per heavy atom. The summed E-state index contributed by atoms with van der Waals surface area (Å²) in [4.78, 5) is 13.7. The Bertz CT molecular complexity index is 449. The van der Waals surface area contributed by atoms with Crippen LogP contribution in [0.4, 0.5) is 5.69 Å². The lowest BCUT2D eigenvalue weighted by molar-refractivity contribution is 0.655. The number of aromatic nitrogens is 2. The number of hydrogen-bond donors (Lipinski definition) is 0. The van der Waals surface area contributed by atoms with Crippen LogP contribution in [0.2, 0.25) is 5.02 Å². The maximum Gasteiger partial charge on any atom is 0.287 e. The lowest BCUT2D eigenvalue weighted by atomic mass is 10.2. The molecular formula is C12H20ClN3OS. The van der Waals surface area contributed by atoms with Crippen molar-refractivity contribution in [3.63, 3.8) is 0 Å². The van der Waals surface area contributed by atoms with Crippen molar-refractivity contribution in [2.45, 2.75) is 26.3 Å². The van der Waals surface area contributed by atoms with Gasteiger partial charge in [0.25, 0.3) is 5.56 Å². The van der Waals surface area contributed by atoms with Gasteiger partial charge in [-0.15, -0.1) is 0 Å². The highest BCUT2D eigenvalue weighted by Gasteiger charge is 2.16. The summed E-state index contributed by atoms with van der Waals surface area (Å²) >= 11 is 8.00. The first-order valence-electron chi connectivity index (χ1n) is 6.01. The molecule has 0 radical (unpaired) electrons. The fourth-order valence-corrected chi connectivity index (χ4v) is 2.68. The lowest BCUT2D eigenvalue weighted by Gasteiger charge is -2.27. The molecule has 1 atom stereocenters. The molecule has 0 amide bonds. The standard InChI is InChI=1S/C12H20ClN3OS/c1-5-18-7-6-9(2)15(3)10-8-14-16(4)12(17)11(10)13/h8-9H,5-7H2,1-4H3. The van der Waals surface area contributed by atoms with E-state index in [4.69, 9.17) is 11.6 Å². The van der Waals surface area contributed by atoms with Crippen molar-refractivity contribution >= 4 is 29.1 Å². The molecule has 0 N–H and O–H groups in total. The monoisotopic (exact) mass is 289 g/mol. The summed E-state index contributed by atoms with van der Waals surface area (Å²) < 4.78 is 1.25. The number of nitrogens with zero attached hydrogens (tertiary/aromatic N) is 3. The first kappa shape index (κ1) is 15.4. The van der Waals surface area contributed by atoms with Gasteiger partial charge in [0.05, 0.1) is 11.9 Å². The van der Waals surface area contributed by atoms with Gasteiger partial charge in [-0.3, -0.25) is 4.79 Å². The first-order chi connectivity index (χ1) is 8.49. The Balaban J connectivity index is 2.80. The van der Waals surface area contributed by atoms with E-state index in [0.717, 1.165) is 17.9 Å². The summed E-state index contributed by atoms with van der Waals surface area (Å²) in [6.07, 6.45) is 2.70. The highest BCUT2D eigenvalue weighted by atomic mass is 35.5. The average molecular weight is 290 g/mol. The SMILES string of the molecule is CCSCCC(C)N(C)c1cnn(C)c(=O)c1Cl. The molecule has 1 aromatic rings. The number of anilines is 1. The predicted octanol–water partition coefficient (Wildman–Crippen LogP) is 2.40. The molecule has 0 saturated heterocycles. The van der Waals surface area contributed by atoms with Crippen LogP contribution >= 0.6 is 23.4 Å². The summed E-state index contributed by atoms with van der Waals surface area (Å²) in [6, 6.07) is 0.329. The minimum atomic E-state index is -0.254. The van der Waals surface area contributed by atoms with E-state index in [9.17, 15) is 4.79 Å². The van der Waals surface area contributed by atoms with Crippen molar-refractivity contribution in [3.05, 3.63) is 21.6 Å². The van der Waals surface area contributed by atoms with Crippen molar-refractivity contribution < 1.29 is 0 Å². The molecule has 0 spiro atoms. The second-order valence-corrected chi connectivity index (χ2v) is 5.99. The van der Waals surface area contributed by atoms with Crippen molar-refractivity contribution in [2.75, 3.05) is 23.5 Å². The van der Waals surface area contributed by atoms with Gasteiger partial charge in [0.2, 0.25) is 0 Å². The number of aryl methyl sites for hydroxylation is 1. The van der Waals surface area contributed by atoms with Crippen molar-refractivity contribution in [1.82, 2.24) is 9.78 Å². The Kier molecular flexibility index (Phi) is 6.02. The molecule has 0 bridgehead atoms. The number of halogens is 1. The van der Waals surface area contributed by atoms with Crippen LogP contribution in [0.1, 0.15) is 20.3 Å². The molecular weight excluding hydrogens is 270 g/mol. The van der Waals surface area contributed by atoms with Gasteiger partial charge in [-0.2, -0.15) is 16.9 Å².